The van der Waals surface area contributed by atoms with E-state index in [4.69, 9.17) is 4.74 Å². The summed E-state index contributed by atoms with van der Waals surface area (Å²) in [6, 6.07) is 18.1. The number of ether oxygens (including phenoxy) is 1. The van der Waals surface area contributed by atoms with Crippen molar-refractivity contribution in [2.45, 2.75) is 35.8 Å². The lowest BCUT2D eigenvalue weighted by molar-refractivity contribution is -0.137. The van der Waals surface area contributed by atoms with Crippen molar-refractivity contribution in [1.29, 1.82) is 0 Å². The van der Waals surface area contributed by atoms with Crippen molar-refractivity contribution in [1.82, 2.24) is 4.57 Å². The lowest BCUT2D eigenvalue weighted by Crippen LogP contribution is -2.33. The fourth-order valence-corrected chi connectivity index (χ4v) is 8.33. The molecule has 1 aromatic heterocycles. The zero-order chi connectivity index (χ0) is 31.3. The van der Waals surface area contributed by atoms with E-state index in [1.54, 1.807) is 36.4 Å². The zero-order valence-corrected chi connectivity index (χ0v) is 24.9. The smallest absolute Gasteiger partial charge is 0.416 e. The van der Waals surface area contributed by atoms with Crippen LogP contribution < -0.4 is 19.8 Å². The number of anilines is 2. The molecule has 0 spiro atoms. The van der Waals surface area contributed by atoms with Gasteiger partial charge in [-0.3, -0.25) is 23.7 Å². The molecule has 3 heterocycles. The number of para-hydroxylation sites is 1. The van der Waals surface area contributed by atoms with Crippen LogP contribution in [-0.4, -0.2) is 34.6 Å². The van der Waals surface area contributed by atoms with Gasteiger partial charge in [-0.15, -0.1) is 0 Å². The fourth-order valence-electron chi connectivity index (χ4n) is 5.57. The molecule has 2 aliphatic heterocycles. The second-order valence-electron chi connectivity index (χ2n) is 10.4. The summed E-state index contributed by atoms with van der Waals surface area (Å²) in [6.45, 7) is 1.57. The normalized spacial score (nSPS) is 19.5. The van der Waals surface area contributed by atoms with E-state index < -0.39 is 51.4 Å². The molecule has 1 saturated heterocycles. The number of nitrogens with one attached hydrogen (secondary N) is 1. The number of thiazole rings is 1. The number of alkyl halides is 3. The number of thioether (sulfide) groups is 1. The Balaban J connectivity index is 1.43. The molecule has 6 rings (SSSR count). The van der Waals surface area contributed by atoms with Crippen LogP contribution in [0.5, 0.6) is 5.75 Å². The Hall–Kier alpha value is -4.36. The number of aromatic nitrogens is 1. The first-order valence-corrected chi connectivity index (χ1v) is 15.1. The number of rotatable bonds is 6. The van der Waals surface area contributed by atoms with Crippen LogP contribution in [0.15, 0.2) is 82.6 Å². The summed E-state index contributed by atoms with van der Waals surface area (Å²) in [5.74, 6) is -3.32. The van der Waals surface area contributed by atoms with Crippen LogP contribution in [0, 0.1) is 12.8 Å². The summed E-state index contributed by atoms with van der Waals surface area (Å²) in [5.41, 5.74) is 0.907. The first kappa shape index (κ1) is 29.7. The molecular formula is C31H24F3N3O5S2. The summed E-state index contributed by atoms with van der Waals surface area (Å²) in [5, 5.41) is 2.05. The number of amides is 3. The Labute approximate surface area is 257 Å². The van der Waals surface area contributed by atoms with Crippen molar-refractivity contribution in [2.24, 2.45) is 5.92 Å². The minimum atomic E-state index is -4.68. The number of fused-ring (bicyclic) bond motifs is 2. The Bertz CT molecular complexity index is 1850. The highest BCUT2D eigenvalue weighted by atomic mass is 32.2. The number of aryl methyl sites for hydroxylation is 1. The number of imide groups is 1. The second kappa shape index (κ2) is 11.3. The van der Waals surface area contributed by atoms with Crippen molar-refractivity contribution < 1.29 is 32.3 Å². The number of methoxy groups -OCH3 is 1. The molecule has 226 valence electrons. The van der Waals surface area contributed by atoms with E-state index >= 15 is 0 Å². The molecule has 0 aliphatic carbocycles. The van der Waals surface area contributed by atoms with Crippen LogP contribution in [-0.2, 0) is 27.1 Å². The molecule has 4 aromatic rings. The van der Waals surface area contributed by atoms with E-state index in [1.807, 2.05) is 19.1 Å². The van der Waals surface area contributed by atoms with Gasteiger partial charge in [-0.1, -0.05) is 65.1 Å². The van der Waals surface area contributed by atoms with Gasteiger partial charge in [-0.05, 0) is 43.3 Å². The molecule has 3 aromatic carbocycles. The van der Waals surface area contributed by atoms with Crippen LogP contribution in [0.2, 0.25) is 0 Å². The van der Waals surface area contributed by atoms with Gasteiger partial charge in [0.05, 0.1) is 29.3 Å². The monoisotopic (exact) mass is 639 g/mol. The number of carbonyl (C=O) groups is 3. The molecule has 1 N–H and O–H groups in total. The lowest BCUT2D eigenvalue weighted by atomic mass is 9.82. The van der Waals surface area contributed by atoms with Gasteiger partial charge >= 0.3 is 11.0 Å². The summed E-state index contributed by atoms with van der Waals surface area (Å²) >= 11 is 1.84. The average molecular weight is 640 g/mol. The van der Waals surface area contributed by atoms with E-state index in [0.717, 1.165) is 51.8 Å². The highest BCUT2D eigenvalue weighted by Gasteiger charge is 2.57. The largest absolute Gasteiger partial charge is 0.496 e. The van der Waals surface area contributed by atoms with Crippen LogP contribution in [0.25, 0.3) is 0 Å². The number of nitrogens with zero attached hydrogens (tertiary/aromatic N) is 2. The Morgan fingerprint density at radius 3 is 2.41 bits per heavy atom. The fraction of sp³-hybridized carbons (Fsp3) is 0.226. The maximum absolute atomic E-state index is 14.0. The van der Waals surface area contributed by atoms with E-state index in [-0.39, 0.29) is 12.2 Å². The maximum Gasteiger partial charge on any atom is 0.416 e. The molecule has 0 saturated carbocycles. The summed E-state index contributed by atoms with van der Waals surface area (Å²) in [6.07, 6.45) is -4.68. The van der Waals surface area contributed by atoms with Gasteiger partial charge in [0.25, 0.3) is 0 Å². The number of halogens is 3. The third-order valence-electron chi connectivity index (χ3n) is 7.59. The van der Waals surface area contributed by atoms with E-state index in [0.29, 0.717) is 26.9 Å². The first-order valence-electron chi connectivity index (χ1n) is 13.4. The quantitative estimate of drug-likeness (QED) is 0.273. The molecule has 0 bridgehead atoms. The molecule has 2 unspecified atom stereocenters. The van der Waals surface area contributed by atoms with Crippen LogP contribution in [0.3, 0.4) is 0 Å². The van der Waals surface area contributed by atoms with Crippen molar-refractivity contribution in [3.63, 3.8) is 0 Å². The van der Waals surface area contributed by atoms with Gasteiger partial charge in [0.1, 0.15) is 17.5 Å². The van der Waals surface area contributed by atoms with Crippen molar-refractivity contribution in [3.8, 4) is 5.75 Å². The Kier molecular flexibility index (Phi) is 7.62. The van der Waals surface area contributed by atoms with E-state index in [2.05, 4.69) is 5.32 Å². The molecule has 13 heteroatoms. The predicted octanol–water partition coefficient (Wildman–Crippen LogP) is 5.68. The highest BCUT2D eigenvalue weighted by Crippen LogP contribution is 2.55. The van der Waals surface area contributed by atoms with Crippen molar-refractivity contribution >= 4 is 52.2 Å². The zero-order valence-electron chi connectivity index (χ0n) is 23.3. The standard InChI is InChI=1S/C31H24F3N3O5S2/c1-16-10-12-18(13-11-16)35-22(38)15-36-29-26(44-30(36)41)23(20-8-3-4-9-21(20)42-2)24-25(43-29)28(40)37(27(24)39)19-7-5-6-17(14-19)31(32,33)34/h3-14,23-25H,15H2,1-2H3,(H,35,38)/t23-,24?,25?/m1/s1. The number of carbonyl (C=O) groups excluding carboxylic acids is 3. The van der Waals surface area contributed by atoms with Crippen LogP contribution in [0.1, 0.15) is 27.5 Å². The molecule has 0 radical (unpaired) electrons. The molecule has 3 amide bonds. The first-order chi connectivity index (χ1) is 21.0. The lowest BCUT2D eigenvalue weighted by Gasteiger charge is -2.31. The van der Waals surface area contributed by atoms with Crippen molar-refractivity contribution in [2.75, 3.05) is 17.3 Å². The molecule has 8 nitrogen and oxygen atoms in total. The van der Waals surface area contributed by atoms with Crippen LogP contribution >= 0.6 is 23.1 Å². The average Bonchev–Trinajstić information content (AvgIpc) is 3.44. The maximum atomic E-state index is 14.0. The minimum Gasteiger partial charge on any atom is -0.496 e. The summed E-state index contributed by atoms with van der Waals surface area (Å²) in [4.78, 5) is 55.1. The molecule has 2 aliphatic rings. The highest BCUT2D eigenvalue weighted by molar-refractivity contribution is 8.00. The Morgan fingerprint density at radius 2 is 1.70 bits per heavy atom. The Morgan fingerprint density at radius 1 is 0.977 bits per heavy atom. The molecule has 44 heavy (non-hydrogen) atoms. The van der Waals surface area contributed by atoms with Crippen molar-refractivity contribution in [3.05, 3.63) is 104 Å². The van der Waals surface area contributed by atoms with Gasteiger partial charge in [-0.25, -0.2) is 4.90 Å². The topological polar surface area (TPSA) is 97.7 Å². The third kappa shape index (κ3) is 5.19. The predicted molar refractivity (Wildman–Crippen MR) is 160 cm³/mol. The number of benzene rings is 3. The van der Waals surface area contributed by atoms with Crippen LogP contribution in [0.4, 0.5) is 24.5 Å². The SMILES string of the molecule is COc1ccccc1[C@H]1c2sc(=O)n(CC(=O)Nc3ccc(C)cc3)c2SC2C(=O)N(c3cccc(C(F)(F)F)c3)C(=O)C21. The van der Waals surface area contributed by atoms with Gasteiger partial charge in [0.15, 0.2) is 0 Å². The third-order valence-corrected chi connectivity index (χ3v) is 10.2. The van der Waals surface area contributed by atoms with Gasteiger partial charge in [0, 0.05) is 22.0 Å². The number of hydrogen-bond donors (Lipinski definition) is 1. The van der Waals surface area contributed by atoms with E-state index in [1.165, 1.54) is 17.7 Å². The molecular weight excluding hydrogens is 615 g/mol. The summed E-state index contributed by atoms with van der Waals surface area (Å²) in [7, 11) is 1.45. The molecule has 1 fully saturated rings. The van der Waals surface area contributed by atoms with Gasteiger partial charge < -0.3 is 10.1 Å². The van der Waals surface area contributed by atoms with Gasteiger partial charge in [-0.2, -0.15) is 13.2 Å². The second-order valence-corrected chi connectivity index (χ2v) is 12.5. The van der Waals surface area contributed by atoms with Gasteiger partial charge in [0.2, 0.25) is 17.7 Å². The summed E-state index contributed by atoms with van der Waals surface area (Å²) < 4.78 is 47.4. The minimum absolute atomic E-state index is 0.193. The van der Waals surface area contributed by atoms with E-state index in [9.17, 15) is 32.3 Å². The number of hydrogen-bond acceptors (Lipinski definition) is 7. The molecule has 3 atom stereocenters.